The van der Waals surface area contributed by atoms with Crippen molar-refractivity contribution in [3.05, 3.63) is 5.69 Å². The van der Waals surface area contributed by atoms with Gasteiger partial charge in [0.25, 0.3) is 0 Å². The number of anilines is 2. The van der Waals surface area contributed by atoms with E-state index in [9.17, 15) is 0 Å². The van der Waals surface area contributed by atoms with E-state index < -0.39 is 0 Å². The summed E-state index contributed by atoms with van der Waals surface area (Å²) >= 11 is 0. The number of aromatic nitrogens is 2. The molecular weight excluding hydrogens is 226 g/mol. The van der Waals surface area contributed by atoms with Crippen molar-refractivity contribution in [2.75, 3.05) is 37.7 Å². The van der Waals surface area contributed by atoms with Crippen molar-refractivity contribution in [3.63, 3.8) is 0 Å². The lowest BCUT2D eigenvalue weighted by atomic mass is 10.1. The molecule has 102 valence electrons. The minimum atomic E-state index is 0.328. The first-order chi connectivity index (χ1) is 8.49. The molecule has 0 amide bonds. The summed E-state index contributed by atoms with van der Waals surface area (Å²) in [5.41, 5.74) is 7.80. The van der Waals surface area contributed by atoms with Crippen LogP contribution in [0.4, 0.5) is 11.5 Å². The zero-order chi connectivity index (χ0) is 13.3. The summed E-state index contributed by atoms with van der Waals surface area (Å²) in [6, 6.07) is 0.328. The van der Waals surface area contributed by atoms with Gasteiger partial charge in [-0.05, 0) is 46.7 Å². The van der Waals surface area contributed by atoms with Crippen LogP contribution in [0.25, 0.3) is 0 Å². The summed E-state index contributed by atoms with van der Waals surface area (Å²) in [7, 11) is 2.18. The summed E-state index contributed by atoms with van der Waals surface area (Å²) in [5.74, 6) is 1.70. The van der Waals surface area contributed by atoms with Gasteiger partial charge in [-0.2, -0.15) is 5.10 Å². The van der Waals surface area contributed by atoms with Crippen molar-refractivity contribution in [1.29, 1.82) is 0 Å². The van der Waals surface area contributed by atoms with Crippen LogP contribution in [0.1, 0.15) is 32.0 Å². The number of nitrogens with two attached hydrogens (primary N) is 1. The van der Waals surface area contributed by atoms with Crippen LogP contribution in [-0.4, -0.2) is 41.4 Å². The van der Waals surface area contributed by atoms with E-state index in [1.54, 1.807) is 0 Å². The number of likely N-dealkylation sites (tertiary alicyclic amines) is 1. The Bertz CT molecular complexity index is 410. The smallest absolute Gasteiger partial charge is 0.148 e. The van der Waals surface area contributed by atoms with E-state index >= 15 is 0 Å². The zero-order valence-corrected chi connectivity index (χ0v) is 11.9. The second kappa shape index (κ2) is 5.18. The first kappa shape index (κ1) is 13.2. The minimum absolute atomic E-state index is 0.328. The van der Waals surface area contributed by atoms with Crippen molar-refractivity contribution in [2.45, 2.75) is 33.2 Å². The molecule has 0 aliphatic carbocycles. The SMILES string of the molecule is Cc1nn(C(C)C)c(NCC2CCN(C)C2)c1N. The summed E-state index contributed by atoms with van der Waals surface area (Å²) in [6.07, 6.45) is 1.26. The fourth-order valence-corrected chi connectivity index (χ4v) is 2.54. The summed E-state index contributed by atoms with van der Waals surface area (Å²) < 4.78 is 1.99. The van der Waals surface area contributed by atoms with Crippen LogP contribution >= 0.6 is 0 Å². The summed E-state index contributed by atoms with van der Waals surface area (Å²) in [5, 5.41) is 7.98. The Morgan fingerprint density at radius 3 is 2.78 bits per heavy atom. The normalized spacial score (nSPS) is 20.8. The molecule has 3 N–H and O–H groups in total. The van der Waals surface area contributed by atoms with E-state index in [-0.39, 0.29) is 0 Å². The Morgan fingerprint density at radius 1 is 1.50 bits per heavy atom. The van der Waals surface area contributed by atoms with Gasteiger partial charge in [-0.25, -0.2) is 4.68 Å². The molecule has 5 heteroatoms. The lowest BCUT2D eigenvalue weighted by Crippen LogP contribution is -2.21. The van der Waals surface area contributed by atoms with Crippen LogP contribution in [0.2, 0.25) is 0 Å². The van der Waals surface area contributed by atoms with Crippen LogP contribution in [0.5, 0.6) is 0 Å². The molecule has 2 heterocycles. The third-order valence-corrected chi connectivity index (χ3v) is 3.67. The first-order valence-corrected chi connectivity index (χ1v) is 6.76. The number of rotatable bonds is 4. The fourth-order valence-electron chi connectivity index (χ4n) is 2.54. The van der Waals surface area contributed by atoms with Gasteiger partial charge in [0.2, 0.25) is 0 Å². The highest BCUT2D eigenvalue weighted by molar-refractivity contribution is 5.64. The number of nitrogen functional groups attached to an aromatic ring is 1. The molecule has 0 spiro atoms. The Hall–Kier alpha value is -1.23. The molecule has 1 saturated heterocycles. The van der Waals surface area contributed by atoms with Crippen molar-refractivity contribution in [1.82, 2.24) is 14.7 Å². The molecule has 1 unspecified atom stereocenters. The molecule has 1 aliphatic rings. The molecular formula is C13H25N5. The van der Waals surface area contributed by atoms with Crippen molar-refractivity contribution < 1.29 is 0 Å². The van der Waals surface area contributed by atoms with Gasteiger partial charge in [-0.3, -0.25) is 0 Å². The second-order valence-corrected chi connectivity index (χ2v) is 5.68. The van der Waals surface area contributed by atoms with Crippen molar-refractivity contribution in [2.24, 2.45) is 5.92 Å². The van der Waals surface area contributed by atoms with Gasteiger partial charge in [-0.15, -0.1) is 0 Å². The molecule has 0 aromatic carbocycles. The predicted octanol–water partition coefficient (Wildman–Crippen LogP) is 1.72. The molecule has 0 saturated carbocycles. The van der Waals surface area contributed by atoms with Gasteiger partial charge in [0.15, 0.2) is 0 Å². The molecule has 1 aromatic heterocycles. The van der Waals surface area contributed by atoms with Gasteiger partial charge < -0.3 is 16.0 Å². The number of hydrogen-bond acceptors (Lipinski definition) is 4. The highest BCUT2D eigenvalue weighted by Crippen LogP contribution is 2.26. The van der Waals surface area contributed by atoms with Crippen LogP contribution in [0, 0.1) is 12.8 Å². The van der Waals surface area contributed by atoms with E-state index in [0.717, 1.165) is 23.7 Å². The third-order valence-electron chi connectivity index (χ3n) is 3.67. The summed E-state index contributed by atoms with van der Waals surface area (Å²) in [6.45, 7) is 9.56. The van der Waals surface area contributed by atoms with E-state index in [1.807, 2.05) is 11.6 Å². The van der Waals surface area contributed by atoms with E-state index in [1.165, 1.54) is 19.5 Å². The maximum Gasteiger partial charge on any atom is 0.148 e. The van der Waals surface area contributed by atoms with Crippen molar-refractivity contribution >= 4 is 11.5 Å². The third kappa shape index (κ3) is 2.61. The first-order valence-electron chi connectivity index (χ1n) is 6.76. The van der Waals surface area contributed by atoms with Crippen LogP contribution in [0.3, 0.4) is 0 Å². The highest BCUT2D eigenvalue weighted by Gasteiger charge is 2.21. The van der Waals surface area contributed by atoms with E-state index in [4.69, 9.17) is 5.73 Å². The second-order valence-electron chi connectivity index (χ2n) is 5.68. The van der Waals surface area contributed by atoms with Gasteiger partial charge in [-0.1, -0.05) is 0 Å². The Morgan fingerprint density at radius 2 is 2.22 bits per heavy atom. The molecule has 1 fully saturated rings. The molecule has 1 aromatic rings. The number of aryl methyl sites for hydroxylation is 1. The van der Waals surface area contributed by atoms with Gasteiger partial charge >= 0.3 is 0 Å². The largest absolute Gasteiger partial charge is 0.394 e. The van der Waals surface area contributed by atoms with Crippen LogP contribution in [-0.2, 0) is 0 Å². The standard InChI is InChI=1S/C13H25N5/c1-9(2)18-13(12(14)10(3)16-18)15-7-11-5-6-17(4)8-11/h9,11,15H,5-8,14H2,1-4H3. The Balaban J connectivity index is 2.04. The quantitative estimate of drug-likeness (QED) is 0.855. The van der Waals surface area contributed by atoms with E-state index in [2.05, 4.69) is 36.2 Å². The predicted molar refractivity (Wildman–Crippen MR) is 75.9 cm³/mol. The molecule has 0 bridgehead atoms. The van der Waals surface area contributed by atoms with Crippen molar-refractivity contribution in [3.8, 4) is 0 Å². The number of nitrogens with one attached hydrogen (secondary N) is 1. The Labute approximate surface area is 109 Å². The van der Waals surface area contributed by atoms with E-state index in [0.29, 0.717) is 12.0 Å². The van der Waals surface area contributed by atoms with Gasteiger partial charge in [0.1, 0.15) is 5.82 Å². The monoisotopic (exact) mass is 251 g/mol. The van der Waals surface area contributed by atoms with Crippen LogP contribution in [0.15, 0.2) is 0 Å². The van der Waals surface area contributed by atoms with Gasteiger partial charge in [0, 0.05) is 19.1 Å². The lowest BCUT2D eigenvalue weighted by molar-refractivity contribution is 0.398. The average Bonchev–Trinajstić information content (AvgIpc) is 2.83. The average molecular weight is 251 g/mol. The fraction of sp³-hybridized carbons (Fsp3) is 0.769. The lowest BCUT2D eigenvalue weighted by Gasteiger charge is -2.16. The topological polar surface area (TPSA) is 59.1 Å². The maximum atomic E-state index is 6.10. The molecule has 2 rings (SSSR count). The molecule has 1 atom stereocenters. The van der Waals surface area contributed by atoms with Gasteiger partial charge in [0.05, 0.1) is 11.4 Å². The summed E-state index contributed by atoms with van der Waals surface area (Å²) in [4.78, 5) is 2.38. The highest BCUT2D eigenvalue weighted by atomic mass is 15.4. The Kier molecular flexibility index (Phi) is 3.80. The number of nitrogens with zero attached hydrogens (tertiary/aromatic N) is 3. The molecule has 1 aliphatic heterocycles. The zero-order valence-electron chi connectivity index (χ0n) is 11.9. The molecule has 5 nitrogen and oxygen atoms in total. The van der Waals surface area contributed by atoms with Crippen LogP contribution < -0.4 is 11.1 Å². The molecule has 0 radical (unpaired) electrons. The number of hydrogen-bond donors (Lipinski definition) is 2. The maximum absolute atomic E-state index is 6.10. The minimum Gasteiger partial charge on any atom is -0.394 e. The molecule has 18 heavy (non-hydrogen) atoms.